The number of hydrogen-bond donors (Lipinski definition) is 3. The van der Waals surface area contributed by atoms with Gasteiger partial charge in [-0.3, -0.25) is 4.57 Å². The summed E-state index contributed by atoms with van der Waals surface area (Å²) < 4.78 is 8.11. The van der Waals surface area contributed by atoms with Crippen molar-refractivity contribution in [3.63, 3.8) is 0 Å². The first-order valence-electron chi connectivity index (χ1n) is 11.5. The molecule has 2 aromatic carbocycles. The Labute approximate surface area is 208 Å². The molecule has 0 bridgehead atoms. The zero-order valence-electron chi connectivity index (χ0n) is 19.9. The van der Waals surface area contributed by atoms with Gasteiger partial charge in [0.05, 0.1) is 12.6 Å². The first kappa shape index (κ1) is 26.5. The average Bonchev–Trinajstić information content (AvgIpc) is 2.82. The van der Waals surface area contributed by atoms with E-state index in [2.05, 4.69) is 10.3 Å². The van der Waals surface area contributed by atoms with Crippen molar-refractivity contribution in [3.05, 3.63) is 80.1 Å². The highest BCUT2D eigenvalue weighted by molar-refractivity contribution is 6.30. The number of hydrogen-bond acceptors (Lipinski definition) is 7. The second kappa shape index (κ2) is 12.5. The monoisotopic (exact) mass is 502 g/mol. The van der Waals surface area contributed by atoms with Gasteiger partial charge in [0.2, 0.25) is 5.95 Å². The quantitative estimate of drug-likeness (QED) is 0.348. The molecule has 35 heavy (non-hydrogen) atoms. The predicted molar refractivity (Wildman–Crippen MR) is 136 cm³/mol. The van der Waals surface area contributed by atoms with Crippen molar-refractivity contribution in [2.75, 3.05) is 18.5 Å². The number of aliphatic hydroxyl groups is 2. The number of aromatic nitrogens is 3. The Kier molecular flexibility index (Phi) is 9.47. The number of benzene rings is 2. The van der Waals surface area contributed by atoms with Gasteiger partial charge in [0.15, 0.2) is 0 Å². The van der Waals surface area contributed by atoms with Crippen LogP contribution in [0.2, 0.25) is 5.02 Å². The normalized spacial score (nSPS) is 12.1. The summed E-state index contributed by atoms with van der Waals surface area (Å²) in [6.07, 6.45) is 0.780. The molecular formula is C25H31ClN4O5. The standard InChI is InChI=1S/C25H31ClN4O5/c1-17(2)35-22-9-7-21(8-10-22)27-23-28-24(33)29(13-11-19(16-32)12-14-31)25(34)30(23)15-18-3-5-20(26)6-4-18/h3-10,17,19,31-32H,11-16H2,1-2H3,(H,27,28,33). The highest BCUT2D eigenvalue weighted by Crippen LogP contribution is 2.20. The van der Waals surface area contributed by atoms with Crippen LogP contribution in [-0.4, -0.2) is 43.6 Å². The summed E-state index contributed by atoms with van der Waals surface area (Å²) in [6, 6.07) is 14.2. The lowest BCUT2D eigenvalue weighted by Gasteiger charge is -2.17. The van der Waals surface area contributed by atoms with Crippen LogP contribution in [0.1, 0.15) is 32.3 Å². The fourth-order valence-electron chi connectivity index (χ4n) is 3.57. The first-order chi connectivity index (χ1) is 16.8. The SMILES string of the molecule is CC(C)Oc1ccc(Nc2nc(=O)n(CCC(CO)CCO)c(=O)n2Cc2ccc(Cl)cc2)cc1. The van der Waals surface area contributed by atoms with Crippen LogP contribution < -0.4 is 21.4 Å². The van der Waals surface area contributed by atoms with Gasteiger partial charge in [0.1, 0.15) is 5.75 Å². The van der Waals surface area contributed by atoms with E-state index in [9.17, 15) is 14.7 Å². The van der Waals surface area contributed by atoms with Crippen molar-refractivity contribution in [1.82, 2.24) is 14.1 Å². The third-order valence-corrected chi connectivity index (χ3v) is 5.69. The molecule has 1 atom stereocenters. The Bertz CT molecular complexity index is 1210. The van der Waals surface area contributed by atoms with Gasteiger partial charge in [-0.1, -0.05) is 23.7 Å². The van der Waals surface area contributed by atoms with Crippen molar-refractivity contribution in [2.24, 2.45) is 5.92 Å². The van der Waals surface area contributed by atoms with Crippen molar-refractivity contribution in [3.8, 4) is 5.75 Å². The van der Waals surface area contributed by atoms with E-state index in [0.717, 1.165) is 10.1 Å². The maximum Gasteiger partial charge on any atom is 0.354 e. The van der Waals surface area contributed by atoms with E-state index in [0.29, 0.717) is 29.3 Å². The average molecular weight is 503 g/mol. The number of anilines is 2. The molecule has 0 amide bonds. The first-order valence-corrected chi connectivity index (χ1v) is 11.9. The summed E-state index contributed by atoms with van der Waals surface area (Å²) in [5.41, 5.74) is 0.229. The van der Waals surface area contributed by atoms with Crippen LogP contribution in [0, 0.1) is 5.92 Å². The fraction of sp³-hybridized carbons (Fsp3) is 0.400. The van der Waals surface area contributed by atoms with Crippen LogP contribution in [0.4, 0.5) is 11.6 Å². The summed E-state index contributed by atoms with van der Waals surface area (Å²) in [7, 11) is 0. The topological polar surface area (TPSA) is 119 Å². The van der Waals surface area contributed by atoms with Gasteiger partial charge in [-0.25, -0.2) is 14.2 Å². The molecule has 1 unspecified atom stereocenters. The minimum absolute atomic E-state index is 0.0374. The van der Waals surface area contributed by atoms with E-state index >= 15 is 0 Å². The highest BCUT2D eigenvalue weighted by Gasteiger charge is 2.16. The molecule has 0 saturated heterocycles. The number of nitrogens with zero attached hydrogens (tertiary/aromatic N) is 3. The molecule has 3 rings (SSSR count). The Morgan fingerprint density at radius 1 is 1.00 bits per heavy atom. The van der Waals surface area contributed by atoms with Gasteiger partial charge >= 0.3 is 11.4 Å². The largest absolute Gasteiger partial charge is 0.491 e. The predicted octanol–water partition coefficient (Wildman–Crippen LogP) is 3.02. The summed E-state index contributed by atoms with van der Waals surface area (Å²) in [5.74, 6) is 0.590. The summed E-state index contributed by atoms with van der Waals surface area (Å²) in [4.78, 5) is 30.3. The molecule has 1 aromatic heterocycles. The highest BCUT2D eigenvalue weighted by atomic mass is 35.5. The van der Waals surface area contributed by atoms with Crippen molar-refractivity contribution in [2.45, 2.75) is 45.9 Å². The second-order valence-electron chi connectivity index (χ2n) is 8.53. The van der Waals surface area contributed by atoms with Crippen LogP contribution in [-0.2, 0) is 13.1 Å². The Balaban J connectivity index is 1.95. The third kappa shape index (κ3) is 7.42. The summed E-state index contributed by atoms with van der Waals surface area (Å²) in [5, 5.41) is 22.3. The van der Waals surface area contributed by atoms with Gasteiger partial charge in [-0.2, -0.15) is 4.98 Å². The summed E-state index contributed by atoms with van der Waals surface area (Å²) >= 11 is 6.00. The maximum atomic E-state index is 13.4. The lowest BCUT2D eigenvalue weighted by molar-refractivity contribution is 0.172. The molecular weight excluding hydrogens is 472 g/mol. The van der Waals surface area contributed by atoms with Crippen molar-refractivity contribution < 1.29 is 14.9 Å². The Hall–Kier alpha value is -3.14. The van der Waals surface area contributed by atoms with E-state index in [4.69, 9.17) is 21.4 Å². The number of halogens is 1. The molecule has 10 heteroatoms. The molecule has 188 valence electrons. The van der Waals surface area contributed by atoms with E-state index in [1.807, 2.05) is 13.8 Å². The van der Waals surface area contributed by atoms with Gasteiger partial charge in [-0.15, -0.1) is 0 Å². The van der Waals surface area contributed by atoms with Crippen molar-refractivity contribution >= 4 is 23.2 Å². The van der Waals surface area contributed by atoms with E-state index in [-0.39, 0.29) is 44.3 Å². The number of ether oxygens (including phenoxy) is 1. The van der Waals surface area contributed by atoms with Crippen LogP contribution in [0.15, 0.2) is 58.1 Å². The van der Waals surface area contributed by atoms with Crippen LogP contribution in [0.25, 0.3) is 0 Å². The molecule has 3 N–H and O–H groups in total. The van der Waals surface area contributed by atoms with Crippen LogP contribution >= 0.6 is 11.6 Å². The second-order valence-corrected chi connectivity index (χ2v) is 8.97. The zero-order chi connectivity index (χ0) is 25.4. The molecule has 0 aliphatic heterocycles. The maximum absolute atomic E-state index is 13.4. The number of nitrogens with one attached hydrogen (secondary N) is 1. The number of rotatable bonds is 12. The number of aliphatic hydroxyl groups excluding tert-OH is 2. The molecule has 0 spiro atoms. The molecule has 0 aliphatic carbocycles. The van der Waals surface area contributed by atoms with E-state index in [1.54, 1.807) is 48.5 Å². The molecule has 1 heterocycles. The fourth-order valence-corrected chi connectivity index (χ4v) is 3.70. The smallest absolute Gasteiger partial charge is 0.354 e. The van der Waals surface area contributed by atoms with Gasteiger partial charge in [-0.05, 0) is 74.6 Å². The zero-order valence-corrected chi connectivity index (χ0v) is 20.6. The molecule has 0 radical (unpaired) electrons. The minimum atomic E-state index is -0.690. The molecule has 0 aliphatic rings. The molecule has 9 nitrogen and oxygen atoms in total. The van der Waals surface area contributed by atoms with Gasteiger partial charge in [0, 0.05) is 30.5 Å². The third-order valence-electron chi connectivity index (χ3n) is 5.44. The lowest BCUT2D eigenvalue weighted by Crippen LogP contribution is -2.43. The van der Waals surface area contributed by atoms with E-state index < -0.39 is 11.4 Å². The van der Waals surface area contributed by atoms with Crippen molar-refractivity contribution in [1.29, 1.82) is 0 Å². The van der Waals surface area contributed by atoms with Crippen LogP contribution in [0.3, 0.4) is 0 Å². The molecule has 0 saturated carbocycles. The van der Waals surface area contributed by atoms with Gasteiger partial charge in [0.25, 0.3) is 0 Å². The molecule has 0 fully saturated rings. The Morgan fingerprint density at radius 3 is 2.29 bits per heavy atom. The summed E-state index contributed by atoms with van der Waals surface area (Å²) in [6.45, 7) is 3.90. The van der Waals surface area contributed by atoms with Crippen LogP contribution in [0.5, 0.6) is 5.75 Å². The van der Waals surface area contributed by atoms with Gasteiger partial charge < -0.3 is 20.3 Å². The lowest BCUT2D eigenvalue weighted by atomic mass is 10.0. The Morgan fingerprint density at radius 2 is 1.69 bits per heavy atom. The minimum Gasteiger partial charge on any atom is -0.491 e. The van der Waals surface area contributed by atoms with E-state index in [1.165, 1.54) is 4.57 Å². The molecule has 3 aromatic rings.